The number of anilines is 2. The van der Waals surface area contributed by atoms with E-state index in [-0.39, 0.29) is 17.1 Å². The van der Waals surface area contributed by atoms with Gasteiger partial charge in [0, 0.05) is 11.1 Å². The lowest BCUT2D eigenvalue weighted by atomic mass is 10.1. The van der Waals surface area contributed by atoms with Crippen LogP contribution < -0.4 is 15.8 Å². The van der Waals surface area contributed by atoms with Crippen LogP contribution in [0.3, 0.4) is 0 Å². The fraction of sp³-hybridized carbons (Fsp3) is 0.0556. The van der Waals surface area contributed by atoms with Crippen molar-refractivity contribution in [3.8, 4) is 17.0 Å². The molecule has 1 aromatic heterocycles. The topological polar surface area (TPSA) is 90.1 Å². The summed E-state index contributed by atoms with van der Waals surface area (Å²) in [6.45, 7) is 0. The predicted molar refractivity (Wildman–Crippen MR) is 93.0 cm³/mol. The Hall–Kier alpha value is -3.62. The van der Waals surface area contributed by atoms with Gasteiger partial charge in [-0.05, 0) is 30.3 Å². The van der Waals surface area contributed by atoms with Gasteiger partial charge in [-0.1, -0.05) is 30.3 Å². The van der Waals surface area contributed by atoms with Crippen molar-refractivity contribution in [3.63, 3.8) is 0 Å². The summed E-state index contributed by atoms with van der Waals surface area (Å²) < 4.78 is 40.5. The molecule has 2 aromatic carbocycles. The highest BCUT2D eigenvalue weighted by atomic mass is 19.4. The standard InChI is InChI=1S/C18H13F3N4O2/c19-18(20,21)27-15-8-6-12(10-13(15)22)17(26)23-16-9-7-14(24-25-16)11-4-2-1-3-5-11/h1-10H,22H2,(H,23,25,26). The minimum atomic E-state index is -4.87. The van der Waals surface area contributed by atoms with Gasteiger partial charge in [0.25, 0.3) is 5.91 Å². The fourth-order valence-electron chi connectivity index (χ4n) is 2.26. The Labute approximate surface area is 151 Å². The lowest BCUT2D eigenvalue weighted by Gasteiger charge is -2.12. The first-order valence-corrected chi connectivity index (χ1v) is 7.67. The molecule has 1 heterocycles. The molecule has 3 aromatic rings. The van der Waals surface area contributed by atoms with E-state index in [0.29, 0.717) is 5.69 Å². The molecule has 0 saturated carbocycles. The molecule has 6 nitrogen and oxygen atoms in total. The highest BCUT2D eigenvalue weighted by Crippen LogP contribution is 2.29. The second kappa shape index (κ2) is 7.32. The minimum absolute atomic E-state index is 0.0518. The first-order chi connectivity index (χ1) is 12.8. The summed E-state index contributed by atoms with van der Waals surface area (Å²) in [5.74, 6) is -0.984. The normalized spacial score (nSPS) is 11.1. The molecule has 0 aliphatic rings. The summed E-state index contributed by atoms with van der Waals surface area (Å²) >= 11 is 0. The number of nitrogens with one attached hydrogen (secondary N) is 1. The zero-order valence-electron chi connectivity index (χ0n) is 13.7. The number of carbonyl (C=O) groups is 1. The SMILES string of the molecule is Nc1cc(C(=O)Nc2ccc(-c3ccccc3)nn2)ccc1OC(F)(F)F. The molecule has 0 bridgehead atoms. The Balaban J connectivity index is 1.71. The van der Waals surface area contributed by atoms with Crippen LogP contribution in [-0.4, -0.2) is 22.5 Å². The average Bonchev–Trinajstić information content (AvgIpc) is 2.63. The van der Waals surface area contributed by atoms with E-state index in [1.54, 1.807) is 12.1 Å². The summed E-state index contributed by atoms with van der Waals surface area (Å²) in [5.41, 5.74) is 6.75. The van der Waals surface area contributed by atoms with E-state index in [2.05, 4.69) is 20.3 Å². The van der Waals surface area contributed by atoms with Crippen LogP contribution in [0.1, 0.15) is 10.4 Å². The van der Waals surface area contributed by atoms with Gasteiger partial charge in [0.1, 0.15) is 0 Å². The lowest BCUT2D eigenvalue weighted by molar-refractivity contribution is -0.274. The molecule has 0 spiro atoms. The maximum atomic E-state index is 12.3. The van der Waals surface area contributed by atoms with Gasteiger partial charge in [-0.25, -0.2) is 0 Å². The molecule has 0 radical (unpaired) electrons. The third kappa shape index (κ3) is 4.72. The molecule has 0 fully saturated rings. The van der Waals surface area contributed by atoms with Gasteiger partial charge in [0.15, 0.2) is 11.6 Å². The van der Waals surface area contributed by atoms with Crippen LogP contribution in [0, 0.1) is 0 Å². The number of amides is 1. The molecule has 0 aliphatic carbocycles. The van der Waals surface area contributed by atoms with Crippen molar-refractivity contribution in [2.75, 3.05) is 11.1 Å². The number of alkyl halides is 3. The second-order valence-electron chi connectivity index (χ2n) is 5.42. The first-order valence-electron chi connectivity index (χ1n) is 7.67. The molecular weight excluding hydrogens is 361 g/mol. The molecule has 3 rings (SSSR count). The summed E-state index contributed by atoms with van der Waals surface area (Å²) in [7, 11) is 0. The molecule has 3 N–H and O–H groups in total. The zero-order chi connectivity index (χ0) is 19.4. The number of nitrogens with two attached hydrogens (primary N) is 1. The van der Waals surface area contributed by atoms with E-state index >= 15 is 0 Å². The number of benzene rings is 2. The molecule has 138 valence electrons. The quantitative estimate of drug-likeness (QED) is 0.677. The Bertz CT molecular complexity index is 945. The number of carbonyl (C=O) groups excluding carboxylic acids is 1. The van der Waals surface area contributed by atoms with Crippen molar-refractivity contribution in [2.24, 2.45) is 0 Å². The van der Waals surface area contributed by atoms with E-state index in [4.69, 9.17) is 5.73 Å². The number of hydrogen-bond donors (Lipinski definition) is 2. The predicted octanol–water partition coefficient (Wildman–Crippen LogP) is 3.88. The van der Waals surface area contributed by atoms with Gasteiger partial charge < -0.3 is 15.8 Å². The number of aromatic nitrogens is 2. The number of ether oxygens (including phenoxy) is 1. The van der Waals surface area contributed by atoms with Crippen molar-refractivity contribution in [2.45, 2.75) is 6.36 Å². The molecular formula is C18H13F3N4O2. The average molecular weight is 374 g/mol. The van der Waals surface area contributed by atoms with Crippen molar-refractivity contribution in [3.05, 3.63) is 66.2 Å². The molecule has 0 saturated heterocycles. The first kappa shape index (κ1) is 18.2. The van der Waals surface area contributed by atoms with Crippen LogP contribution in [-0.2, 0) is 0 Å². The monoisotopic (exact) mass is 374 g/mol. The molecule has 1 amide bonds. The maximum Gasteiger partial charge on any atom is 0.573 e. The van der Waals surface area contributed by atoms with Gasteiger partial charge in [0.05, 0.1) is 11.4 Å². The van der Waals surface area contributed by atoms with Crippen LogP contribution in [0.2, 0.25) is 0 Å². The lowest BCUT2D eigenvalue weighted by Crippen LogP contribution is -2.18. The molecule has 0 atom stereocenters. The van der Waals surface area contributed by atoms with E-state index in [0.717, 1.165) is 17.7 Å². The minimum Gasteiger partial charge on any atom is -0.404 e. The fourth-order valence-corrected chi connectivity index (χ4v) is 2.26. The Morgan fingerprint density at radius 3 is 2.33 bits per heavy atom. The smallest absolute Gasteiger partial charge is 0.404 e. The molecule has 9 heteroatoms. The van der Waals surface area contributed by atoms with Crippen molar-refractivity contribution < 1.29 is 22.7 Å². The highest BCUT2D eigenvalue weighted by molar-refractivity contribution is 6.04. The third-order valence-electron chi connectivity index (χ3n) is 3.47. The molecule has 27 heavy (non-hydrogen) atoms. The number of hydrogen-bond acceptors (Lipinski definition) is 5. The third-order valence-corrected chi connectivity index (χ3v) is 3.47. The molecule has 0 unspecified atom stereocenters. The van der Waals surface area contributed by atoms with Crippen LogP contribution >= 0.6 is 0 Å². The van der Waals surface area contributed by atoms with Gasteiger partial charge in [0.2, 0.25) is 0 Å². The Morgan fingerprint density at radius 2 is 1.74 bits per heavy atom. The van der Waals surface area contributed by atoms with Gasteiger partial charge >= 0.3 is 6.36 Å². The number of halogens is 3. The summed E-state index contributed by atoms with van der Waals surface area (Å²) in [6, 6.07) is 15.8. The zero-order valence-corrected chi connectivity index (χ0v) is 13.7. The van der Waals surface area contributed by atoms with Crippen molar-refractivity contribution in [1.82, 2.24) is 10.2 Å². The largest absolute Gasteiger partial charge is 0.573 e. The number of nitrogens with zero attached hydrogens (tertiary/aromatic N) is 2. The van der Waals surface area contributed by atoms with Crippen LogP contribution in [0.5, 0.6) is 5.75 Å². The van der Waals surface area contributed by atoms with Crippen molar-refractivity contribution in [1.29, 1.82) is 0 Å². The highest BCUT2D eigenvalue weighted by Gasteiger charge is 2.32. The van der Waals surface area contributed by atoms with E-state index in [1.165, 1.54) is 6.07 Å². The summed E-state index contributed by atoms with van der Waals surface area (Å²) in [4.78, 5) is 12.2. The maximum absolute atomic E-state index is 12.3. The number of rotatable bonds is 4. The van der Waals surface area contributed by atoms with E-state index < -0.39 is 18.0 Å². The van der Waals surface area contributed by atoms with E-state index in [9.17, 15) is 18.0 Å². The van der Waals surface area contributed by atoms with E-state index in [1.807, 2.05) is 30.3 Å². The van der Waals surface area contributed by atoms with Gasteiger partial charge in [-0.15, -0.1) is 23.4 Å². The van der Waals surface area contributed by atoms with Gasteiger partial charge in [-0.3, -0.25) is 4.79 Å². The second-order valence-corrected chi connectivity index (χ2v) is 5.42. The van der Waals surface area contributed by atoms with Crippen molar-refractivity contribution >= 4 is 17.4 Å². The Morgan fingerprint density at radius 1 is 1.00 bits per heavy atom. The summed E-state index contributed by atoms with van der Waals surface area (Å²) in [6.07, 6.45) is -4.87. The molecule has 0 aliphatic heterocycles. The van der Waals surface area contributed by atoms with Crippen LogP contribution in [0.4, 0.5) is 24.7 Å². The van der Waals surface area contributed by atoms with Crippen LogP contribution in [0.15, 0.2) is 60.7 Å². The number of nitrogen functional groups attached to an aromatic ring is 1. The van der Waals surface area contributed by atoms with Gasteiger partial charge in [-0.2, -0.15) is 0 Å². The summed E-state index contributed by atoms with van der Waals surface area (Å²) in [5, 5.41) is 10.5. The Kier molecular flexibility index (Phi) is 4.93. The van der Waals surface area contributed by atoms with Crippen LogP contribution in [0.25, 0.3) is 11.3 Å².